The molecule has 0 aliphatic carbocycles. The van der Waals surface area contributed by atoms with E-state index in [1.54, 1.807) is 7.11 Å². The van der Waals surface area contributed by atoms with Gasteiger partial charge in [0.2, 0.25) is 12.7 Å². The van der Waals surface area contributed by atoms with Gasteiger partial charge >= 0.3 is 0 Å². The van der Waals surface area contributed by atoms with Gasteiger partial charge in [0, 0.05) is 13.7 Å². The fourth-order valence-electron chi connectivity index (χ4n) is 3.02. The molecule has 1 amide bonds. The van der Waals surface area contributed by atoms with Gasteiger partial charge in [0.25, 0.3) is 0 Å². The van der Waals surface area contributed by atoms with E-state index in [9.17, 15) is 4.79 Å². The summed E-state index contributed by atoms with van der Waals surface area (Å²) in [4.78, 5) is 12.7. The Labute approximate surface area is 130 Å². The molecule has 2 aliphatic heterocycles. The molecule has 2 atom stereocenters. The fraction of sp³-hybridized carbons (Fsp3) is 0.562. The second-order valence-electron chi connectivity index (χ2n) is 5.95. The molecule has 0 spiro atoms. The molecule has 3 rings (SSSR count). The zero-order valence-corrected chi connectivity index (χ0v) is 13.0. The van der Waals surface area contributed by atoms with Crippen molar-refractivity contribution in [3.63, 3.8) is 0 Å². The Morgan fingerprint density at radius 1 is 1.45 bits per heavy atom. The number of ether oxygens (including phenoxy) is 3. The number of hydrogen-bond donors (Lipinski definition) is 2. The van der Waals surface area contributed by atoms with Crippen molar-refractivity contribution in [3.8, 4) is 11.5 Å². The lowest BCUT2D eigenvalue weighted by Gasteiger charge is -2.28. The van der Waals surface area contributed by atoms with Crippen LogP contribution in [0.1, 0.15) is 24.9 Å². The standard InChI is InChI=1S/C16H22N2O4/c1-11(12-3-4-13-14(7-12)22-10-21-13)18-15(19)16(9-20-2)5-6-17-8-16/h3-4,7,11,17H,5-6,8-10H2,1-2H3,(H,18,19). The molecule has 2 aliphatic rings. The smallest absolute Gasteiger partial charge is 0.231 e. The minimum Gasteiger partial charge on any atom is -0.454 e. The molecule has 1 saturated heterocycles. The van der Waals surface area contributed by atoms with Gasteiger partial charge in [-0.2, -0.15) is 0 Å². The Morgan fingerprint density at radius 3 is 3.00 bits per heavy atom. The van der Waals surface area contributed by atoms with E-state index in [-0.39, 0.29) is 18.7 Å². The first-order valence-corrected chi connectivity index (χ1v) is 7.55. The number of amides is 1. The maximum atomic E-state index is 12.7. The Kier molecular flexibility index (Phi) is 4.22. The monoisotopic (exact) mass is 306 g/mol. The molecule has 2 N–H and O–H groups in total. The number of carbonyl (C=O) groups excluding carboxylic acids is 1. The highest BCUT2D eigenvalue weighted by Crippen LogP contribution is 2.34. The normalized spacial score (nSPS) is 24.3. The summed E-state index contributed by atoms with van der Waals surface area (Å²) in [6.45, 7) is 4.15. The third kappa shape index (κ3) is 2.76. The van der Waals surface area contributed by atoms with Gasteiger partial charge in [0.1, 0.15) is 0 Å². The maximum Gasteiger partial charge on any atom is 0.231 e. The first-order chi connectivity index (χ1) is 10.6. The van der Waals surface area contributed by atoms with Gasteiger partial charge in [-0.15, -0.1) is 0 Å². The molecule has 0 saturated carbocycles. The van der Waals surface area contributed by atoms with Crippen molar-refractivity contribution in [2.24, 2.45) is 5.41 Å². The number of methoxy groups -OCH3 is 1. The van der Waals surface area contributed by atoms with Crippen molar-refractivity contribution in [2.75, 3.05) is 33.6 Å². The number of fused-ring (bicyclic) bond motifs is 1. The summed E-state index contributed by atoms with van der Waals surface area (Å²) in [5.74, 6) is 1.51. The van der Waals surface area contributed by atoms with Gasteiger partial charge in [0.05, 0.1) is 18.1 Å². The van der Waals surface area contributed by atoms with Gasteiger partial charge < -0.3 is 24.8 Å². The summed E-state index contributed by atoms with van der Waals surface area (Å²) in [6.07, 6.45) is 0.792. The van der Waals surface area contributed by atoms with Crippen LogP contribution in [-0.2, 0) is 9.53 Å². The first-order valence-electron chi connectivity index (χ1n) is 7.55. The zero-order valence-electron chi connectivity index (χ0n) is 13.0. The van der Waals surface area contributed by atoms with Crippen LogP contribution in [0, 0.1) is 5.41 Å². The predicted octanol–water partition coefficient (Wildman–Crippen LogP) is 1.22. The van der Waals surface area contributed by atoms with Gasteiger partial charge in [-0.05, 0) is 37.6 Å². The van der Waals surface area contributed by atoms with Crippen LogP contribution in [0.25, 0.3) is 0 Å². The van der Waals surface area contributed by atoms with Crippen molar-refractivity contribution < 1.29 is 19.0 Å². The van der Waals surface area contributed by atoms with Gasteiger partial charge in [-0.3, -0.25) is 4.79 Å². The van der Waals surface area contributed by atoms with Gasteiger partial charge in [-0.1, -0.05) is 6.07 Å². The molecule has 0 bridgehead atoms. The molecule has 120 valence electrons. The van der Waals surface area contributed by atoms with Gasteiger partial charge in [0.15, 0.2) is 11.5 Å². The highest BCUT2D eigenvalue weighted by atomic mass is 16.7. The van der Waals surface area contributed by atoms with Crippen molar-refractivity contribution in [2.45, 2.75) is 19.4 Å². The molecule has 0 radical (unpaired) electrons. The summed E-state index contributed by atoms with van der Waals surface area (Å²) in [6, 6.07) is 5.65. The number of hydrogen-bond acceptors (Lipinski definition) is 5. The zero-order chi connectivity index (χ0) is 15.6. The first kappa shape index (κ1) is 15.1. The average molecular weight is 306 g/mol. The number of benzene rings is 1. The van der Waals surface area contributed by atoms with E-state index >= 15 is 0 Å². The van der Waals surface area contributed by atoms with Crippen LogP contribution in [0.5, 0.6) is 11.5 Å². The molecule has 1 aromatic carbocycles. The molecule has 0 aromatic heterocycles. The van der Waals surface area contributed by atoms with Crippen LogP contribution in [0.15, 0.2) is 18.2 Å². The van der Waals surface area contributed by atoms with E-state index in [1.807, 2.05) is 25.1 Å². The Bertz CT molecular complexity index is 555. The van der Waals surface area contributed by atoms with E-state index in [0.717, 1.165) is 30.0 Å². The second-order valence-corrected chi connectivity index (χ2v) is 5.95. The Hall–Kier alpha value is -1.79. The minimum absolute atomic E-state index is 0.0320. The maximum absolute atomic E-state index is 12.7. The third-order valence-corrected chi connectivity index (χ3v) is 4.39. The van der Waals surface area contributed by atoms with Crippen molar-refractivity contribution in [3.05, 3.63) is 23.8 Å². The van der Waals surface area contributed by atoms with Crippen molar-refractivity contribution in [1.82, 2.24) is 10.6 Å². The molecule has 1 aromatic rings. The molecule has 2 unspecified atom stereocenters. The summed E-state index contributed by atoms with van der Waals surface area (Å²) >= 11 is 0. The number of rotatable bonds is 5. The molecule has 6 heteroatoms. The lowest BCUT2D eigenvalue weighted by molar-refractivity contribution is -0.133. The third-order valence-electron chi connectivity index (χ3n) is 4.39. The average Bonchev–Trinajstić information content (AvgIpc) is 3.16. The molecule has 2 heterocycles. The summed E-state index contributed by atoms with van der Waals surface area (Å²) in [5.41, 5.74) is 0.524. The summed E-state index contributed by atoms with van der Waals surface area (Å²) in [7, 11) is 1.63. The van der Waals surface area contributed by atoms with Crippen molar-refractivity contribution in [1.29, 1.82) is 0 Å². The summed E-state index contributed by atoms with van der Waals surface area (Å²) in [5, 5.41) is 6.35. The lowest BCUT2D eigenvalue weighted by Crippen LogP contribution is -2.46. The molecule has 1 fully saturated rings. The number of carbonyl (C=O) groups is 1. The van der Waals surface area contributed by atoms with Crippen LogP contribution < -0.4 is 20.1 Å². The topological polar surface area (TPSA) is 68.8 Å². The highest BCUT2D eigenvalue weighted by molar-refractivity contribution is 5.84. The number of nitrogens with one attached hydrogen (secondary N) is 2. The minimum atomic E-state index is -0.473. The van der Waals surface area contributed by atoms with Crippen LogP contribution in [0.4, 0.5) is 0 Å². The Balaban J connectivity index is 1.70. The second kappa shape index (κ2) is 6.14. The lowest BCUT2D eigenvalue weighted by atomic mass is 9.86. The van der Waals surface area contributed by atoms with Crippen LogP contribution in [-0.4, -0.2) is 39.5 Å². The molecule has 22 heavy (non-hydrogen) atoms. The largest absolute Gasteiger partial charge is 0.454 e. The predicted molar refractivity (Wildman–Crippen MR) is 80.9 cm³/mol. The SMILES string of the molecule is COCC1(C(=O)NC(C)c2ccc3c(c2)OCO3)CCNC1. The highest BCUT2D eigenvalue weighted by Gasteiger charge is 2.41. The van der Waals surface area contributed by atoms with Crippen LogP contribution >= 0.6 is 0 Å². The molecular weight excluding hydrogens is 284 g/mol. The molecule has 6 nitrogen and oxygen atoms in total. The van der Waals surface area contributed by atoms with Gasteiger partial charge in [-0.25, -0.2) is 0 Å². The van der Waals surface area contributed by atoms with E-state index in [2.05, 4.69) is 10.6 Å². The van der Waals surface area contributed by atoms with E-state index < -0.39 is 5.41 Å². The van der Waals surface area contributed by atoms with E-state index in [4.69, 9.17) is 14.2 Å². The van der Waals surface area contributed by atoms with Crippen LogP contribution in [0.3, 0.4) is 0 Å². The van der Waals surface area contributed by atoms with E-state index in [1.165, 1.54) is 0 Å². The van der Waals surface area contributed by atoms with E-state index in [0.29, 0.717) is 13.2 Å². The van der Waals surface area contributed by atoms with Crippen LogP contribution in [0.2, 0.25) is 0 Å². The quantitative estimate of drug-likeness (QED) is 0.856. The molecular formula is C16H22N2O4. The van der Waals surface area contributed by atoms with Crippen molar-refractivity contribution >= 4 is 5.91 Å². The fourth-order valence-corrected chi connectivity index (χ4v) is 3.02. The Morgan fingerprint density at radius 2 is 2.27 bits per heavy atom. The summed E-state index contributed by atoms with van der Waals surface area (Å²) < 4.78 is 16.0.